The summed E-state index contributed by atoms with van der Waals surface area (Å²) in [5.41, 5.74) is 8.43. The molecule has 0 saturated carbocycles. The van der Waals surface area contributed by atoms with E-state index in [0.29, 0.717) is 0 Å². The van der Waals surface area contributed by atoms with Crippen molar-refractivity contribution < 1.29 is 0 Å². The number of anilines is 1. The van der Waals surface area contributed by atoms with E-state index in [-0.39, 0.29) is 6.04 Å². The van der Waals surface area contributed by atoms with Crippen LogP contribution in [0.4, 0.5) is 5.69 Å². The van der Waals surface area contributed by atoms with Gasteiger partial charge in [-0.2, -0.15) is 11.8 Å². The molecule has 2 rings (SSSR count). The van der Waals surface area contributed by atoms with Gasteiger partial charge in [-0.05, 0) is 31.0 Å². The maximum Gasteiger partial charge on any atom is 0.0378 e. The molecule has 1 aliphatic heterocycles. The molecule has 4 heteroatoms. The van der Waals surface area contributed by atoms with Gasteiger partial charge < -0.3 is 10.6 Å². The summed E-state index contributed by atoms with van der Waals surface area (Å²) >= 11 is 5.74. The second kappa shape index (κ2) is 6.31. The zero-order chi connectivity index (χ0) is 13.1. The number of nitrogens with zero attached hydrogens (tertiary/aromatic N) is 1. The molecule has 100 valence electrons. The Morgan fingerprint density at radius 1 is 1.56 bits per heavy atom. The highest BCUT2D eigenvalue weighted by Crippen LogP contribution is 2.30. The Morgan fingerprint density at radius 3 is 2.94 bits per heavy atom. The number of nitrogens with two attached hydrogens (primary N) is 1. The SMILES string of the molecule is CCC1CN(c2ccc([C@@H](C)N)c(Br)c2)CCS1. The normalized spacial score (nSPS) is 22.0. The zero-order valence-corrected chi connectivity index (χ0v) is 13.4. The van der Waals surface area contributed by atoms with E-state index in [0.717, 1.165) is 22.8 Å². The van der Waals surface area contributed by atoms with Gasteiger partial charge in [0, 0.05) is 40.3 Å². The zero-order valence-electron chi connectivity index (χ0n) is 11.0. The second-order valence-corrected chi connectivity index (χ2v) is 7.10. The van der Waals surface area contributed by atoms with E-state index in [9.17, 15) is 0 Å². The summed E-state index contributed by atoms with van der Waals surface area (Å²) in [6, 6.07) is 6.63. The van der Waals surface area contributed by atoms with Crippen molar-refractivity contribution in [2.75, 3.05) is 23.7 Å². The molecule has 18 heavy (non-hydrogen) atoms. The van der Waals surface area contributed by atoms with E-state index in [1.54, 1.807) is 0 Å². The first-order valence-corrected chi connectivity index (χ1v) is 8.37. The third-order valence-corrected chi connectivity index (χ3v) is 5.49. The van der Waals surface area contributed by atoms with Crippen molar-refractivity contribution in [2.24, 2.45) is 5.73 Å². The highest BCUT2D eigenvalue weighted by molar-refractivity contribution is 9.10. The van der Waals surface area contributed by atoms with Crippen molar-refractivity contribution in [3.05, 3.63) is 28.2 Å². The quantitative estimate of drug-likeness (QED) is 0.915. The van der Waals surface area contributed by atoms with E-state index in [2.05, 4.69) is 57.7 Å². The summed E-state index contributed by atoms with van der Waals surface area (Å²) in [7, 11) is 0. The average molecular weight is 329 g/mol. The molecule has 2 N–H and O–H groups in total. The molecule has 1 heterocycles. The van der Waals surface area contributed by atoms with Crippen LogP contribution in [0, 0.1) is 0 Å². The van der Waals surface area contributed by atoms with Crippen LogP contribution in [0.15, 0.2) is 22.7 Å². The summed E-state index contributed by atoms with van der Waals surface area (Å²) in [4.78, 5) is 2.49. The number of hydrogen-bond acceptors (Lipinski definition) is 3. The maximum atomic E-state index is 5.94. The molecule has 0 aromatic heterocycles. The van der Waals surface area contributed by atoms with Gasteiger partial charge in [0.2, 0.25) is 0 Å². The molecule has 1 aromatic rings. The summed E-state index contributed by atoms with van der Waals surface area (Å²) in [6.45, 7) is 6.59. The molecule has 0 spiro atoms. The van der Waals surface area contributed by atoms with E-state index < -0.39 is 0 Å². The van der Waals surface area contributed by atoms with Crippen molar-refractivity contribution in [3.63, 3.8) is 0 Å². The van der Waals surface area contributed by atoms with Crippen LogP contribution in [-0.2, 0) is 0 Å². The molecule has 1 fully saturated rings. The largest absolute Gasteiger partial charge is 0.370 e. The van der Waals surface area contributed by atoms with Crippen LogP contribution < -0.4 is 10.6 Å². The van der Waals surface area contributed by atoms with Crippen LogP contribution in [0.3, 0.4) is 0 Å². The van der Waals surface area contributed by atoms with Gasteiger partial charge >= 0.3 is 0 Å². The first-order valence-electron chi connectivity index (χ1n) is 6.53. The summed E-state index contributed by atoms with van der Waals surface area (Å²) in [5, 5.41) is 0.769. The Morgan fingerprint density at radius 2 is 2.33 bits per heavy atom. The van der Waals surface area contributed by atoms with E-state index in [1.807, 2.05) is 6.92 Å². The second-order valence-electron chi connectivity index (χ2n) is 4.84. The third-order valence-electron chi connectivity index (χ3n) is 3.43. The summed E-state index contributed by atoms with van der Waals surface area (Å²) < 4.78 is 1.13. The first-order chi connectivity index (χ1) is 8.61. The molecule has 0 amide bonds. The molecule has 2 atom stereocenters. The molecule has 2 nitrogen and oxygen atoms in total. The average Bonchev–Trinajstić information content (AvgIpc) is 2.38. The van der Waals surface area contributed by atoms with Gasteiger partial charge in [0.25, 0.3) is 0 Å². The first kappa shape index (κ1) is 14.2. The van der Waals surface area contributed by atoms with Gasteiger partial charge in [0.15, 0.2) is 0 Å². The molecule has 0 radical (unpaired) electrons. The fourth-order valence-corrected chi connectivity index (χ4v) is 4.19. The van der Waals surface area contributed by atoms with Crippen molar-refractivity contribution in [3.8, 4) is 0 Å². The Hall–Kier alpha value is -0.190. The van der Waals surface area contributed by atoms with Gasteiger partial charge in [0.05, 0.1) is 0 Å². The molecular weight excluding hydrogens is 308 g/mol. The predicted octanol–water partition coefficient (Wildman–Crippen LogP) is 3.80. The number of hydrogen-bond donors (Lipinski definition) is 1. The van der Waals surface area contributed by atoms with Crippen LogP contribution >= 0.6 is 27.7 Å². The fourth-order valence-electron chi connectivity index (χ4n) is 2.28. The lowest BCUT2D eigenvalue weighted by Crippen LogP contribution is -2.37. The van der Waals surface area contributed by atoms with Crippen molar-refractivity contribution in [2.45, 2.75) is 31.6 Å². The monoisotopic (exact) mass is 328 g/mol. The lowest BCUT2D eigenvalue weighted by Gasteiger charge is -2.34. The Balaban J connectivity index is 2.16. The predicted molar refractivity (Wildman–Crippen MR) is 85.5 cm³/mol. The van der Waals surface area contributed by atoms with E-state index >= 15 is 0 Å². The van der Waals surface area contributed by atoms with Crippen LogP contribution in [0.1, 0.15) is 31.9 Å². The molecule has 1 aliphatic rings. The molecule has 1 aromatic carbocycles. The van der Waals surface area contributed by atoms with Crippen molar-refractivity contribution in [1.82, 2.24) is 0 Å². The van der Waals surface area contributed by atoms with Crippen LogP contribution in [0.25, 0.3) is 0 Å². The van der Waals surface area contributed by atoms with Crippen LogP contribution in [0.2, 0.25) is 0 Å². The maximum absolute atomic E-state index is 5.94. The Bertz CT molecular complexity index is 409. The van der Waals surface area contributed by atoms with Gasteiger partial charge in [-0.25, -0.2) is 0 Å². The van der Waals surface area contributed by atoms with Gasteiger partial charge in [-0.15, -0.1) is 0 Å². The number of rotatable bonds is 3. The number of thioether (sulfide) groups is 1. The van der Waals surface area contributed by atoms with Crippen LogP contribution in [0.5, 0.6) is 0 Å². The lowest BCUT2D eigenvalue weighted by atomic mass is 10.1. The van der Waals surface area contributed by atoms with Gasteiger partial charge in [-0.1, -0.05) is 28.9 Å². The van der Waals surface area contributed by atoms with Gasteiger partial charge in [-0.3, -0.25) is 0 Å². The van der Waals surface area contributed by atoms with Crippen molar-refractivity contribution >= 4 is 33.4 Å². The molecular formula is C14H21BrN2S. The minimum absolute atomic E-state index is 0.0775. The molecule has 1 unspecified atom stereocenters. The highest BCUT2D eigenvalue weighted by Gasteiger charge is 2.19. The third kappa shape index (κ3) is 3.22. The Labute approximate surface area is 122 Å². The van der Waals surface area contributed by atoms with E-state index in [1.165, 1.54) is 23.4 Å². The highest BCUT2D eigenvalue weighted by atomic mass is 79.9. The fraction of sp³-hybridized carbons (Fsp3) is 0.571. The van der Waals surface area contributed by atoms with Crippen molar-refractivity contribution in [1.29, 1.82) is 0 Å². The minimum atomic E-state index is 0.0775. The van der Waals surface area contributed by atoms with Gasteiger partial charge in [0.1, 0.15) is 0 Å². The summed E-state index contributed by atoms with van der Waals surface area (Å²) in [6.07, 6.45) is 1.25. The smallest absolute Gasteiger partial charge is 0.0378 e. The van der Waals surface area contributed by atoms with E-state index in [4.69, 9.17) is 5.73 Å². The molecule has 0 aliphatic carbocycles. The Kier molecular flexibility index (Phi) is 4.98. The molecule has 1 saturated heterocycles. The van der Waals surface area contributed by atoms with Crippen LogP contribution in [-0.4, -0.2) is 24.1 Å². The topological polar surface area (TPSA) is 29.3 Å². The number of benzene rings is 1. The number of halogens is 1. The standard InChI is InChI=1S/C14H21BrN2S/c1-3-12-9-17(6-7-18-12)11-4-5-13(10(2)16)14(15)8-11/h4-5,8,10,12H,3,6-7,9,16H2,1-2H3/t10-,12?/m1/s1. The molecule has 0 bridgehead atoms. The minimum Gasteiger partial charge on any atom is -0.370 e. The summed E-state index contributed by atoms with van der Waals surface area (Å²) in [5.74, 6) is 1.23. The lowest BCUT2D eigenvalue weighted by molar-refractivity contribution is 0.727.